The highest BCUT2D eigenvalue weighted by atomic mass is 32.2. The summed E-state index contributed by atoms with van der Waals surface area (Å²) in [7, 11) is 0. The van der Waals surface area contributed by atoms with Gasteiger partial charge in [-0.1, -0.05) is 52.8 Å². The minimum absolute atomic E-state index is 0.00620. The zero-order valence-electron chi connectivity index (χ0n) is 18.5. The summed E-state index contributed by atoms with van der Waals surface area (Å²) in [6.45, 7) is 23.7. The highest BCUT2D eigenvalue weighted by Crippen LogP contribution is 2.44. The van der Waals surface area contributed by atoms with Gasteiger partial charge in [0.05, 0.1) is 0 Å². The topological polar surface area (TPSA) is 3.24 Å². The first-order valence-corrected chi connectivity index (χ1v) is 11.7. The Morgan fingerprint density at radius 3 is 2.26 bits per heavy atom. The van der Waals surface area contributed by atoms with Crippen LogP contribution in [0.25, 0.3) is 0 Å². The first-order chi connectivity index (χ1) is 12.4. The maximum absolute atomic E-state index is 4.81. The van der Waals surface area contributed by atoms with Crippen LogP contribution in [0.4, 0.5) is 0 Å². The molecule has 1 heterocycles. The van der Waals surface area contributed by atoms with Crippen LogP contribution in [-0.2, 0) is 5.41 Å². The molecule has 0 saturated carbocycles. The SMILES string of the molecule is C=C(C)C1(c2ccc(SCC(C)(C)C(C)(C)S)cc2C)CCN(CC)CC1. The molecule has 1 aliphatic heterocycles. The lowest BCUT2D eigenvalue weighted by molar-refractivity contribution is 0.184. The van der Waals surface area contributed by atoms with Crippen molar-refractivity contribution in [3.8, 4) is 0 Å². The van der Waals surface area contributed by atoms with Crippen LogP contribution in [0.1, 0.15) is 65.5 Å². The zero-order valence-corrected chi connectivity index (χ0v) is 20.2. The summed E-state index contributed by atoms with van der Waals surface area (Å²) < 4.78 is 0.00620. The number of allylic oxidation sites excluding steroid dienone is 1. The van der Waals surface area contributed by atoms with Gasteiger partial charge in [0, 0.05) is 20.8 Å². The van der Waals surface area contributed by atoms with Crippen molar-refractivity contribution >= 4 is 24.4 Å². The third-order valence-electron chi connectivity index (χ3n) is 6.94. The van der Waals surface area contributed by atoms with Crippen LogP contribution in [0.3, 0.4) is 0 Å². The van der Waals surface area contributed by atoms with Gasteiger partial charge in [-0.05, 0) is 75.0 Å². The number of likely N-dealkylation sites (tertiary alicyclic amines) is 1. The minimum atomic E-state index is 0.00620. The van der Waals surface area contributed by atoms with Gasteiger partial charge in [-0.25, -0.2) is 0 Å². The molecule has 1 aliphatic rings. The van der Waals surface area contributed by atoms with Gasteiger partial charge in [0.2, 0.25) is 0 Å². The summed E-state index contributed by atoms with van der Waals surface area (Å²) in [6, 6.07) is 7.09. The Hall–Kier alpha value is -0.380. The van der Waals surface area contributed by atoms with Crippen LogP contribution in [0.5, 0.6) is 0 Å². The molecular formula is C24H39NS2. The van der Waals surface area contributed by atoms with Gasteiger partial charge in [-0.15, -0.1) is 11.8 Å². The monoisotopic (exact) mass is 405 g/mol. The van der Waals surface area contributed by atoms with Crippen LogP contribution in [0.2, 0.25) is 0 Å². The summed E-state index contributed by atoms with van der Waals surface area (Å²) in [5.74, 6) is 1.07. The molecule has 2 rings (SSSR count). The molecule has 0 amide bonds. The predicted octanol–water partition coefficient (Wildman–Crippen LogP) is 6.75. The number of aryl methyl sites for hydroxylation is 1. The van der Waals surface area contributed by atoms with Gasteiger partial charge in [-0.3, -0.25) is 0 Å². The maximum atomic E-state index is 4.81. The van der Waals surface area contributed by atoms with Gasteiger partial charge in [0.25, 0.3) is 0 Å². The Labute approximate surface area is 177 Å². The average molecular weight is 406 g/mol. The lowest BCUT2D eigenvalue weighted by Crippen LogP contribution is -2.43. The Kier molecular flexibility index (Phi) is 7.25. The lowest BCUT2D eigenvalue weighted by Gasteiger charge is -2.43. The molecule has 1 aromatic rings. The van der Waals surface area contributed by atoms with E-state index >= 15 is 0 Å². The van der Waals surface area contributed by atoms with Crippen molar-refractivity contribution < 1.29 is 0 Å². The number of benzene rings is 1. The molecule has 1 aromatic carbocycles. The third-order valence-corrected chi connectivity index (χ3v) is 9.00. The predicted molar refractivity (Wildman–Crippen MR) is 127 cm³/mol. The summed E-state index contributed by atoms with van der Waals surface area (Å²) in [4.78, 5) is 3.92. The smallest absolute Gasteiger partial charge is 0.0183 e. The van der Waals surface area contributed by atoms with E-state index in [2.05, 4.69) is 78.1 Å². The van der Waals surface area contributed by atoms with E-state index in [-0.39, 0.29) is 15.6 Å². The molecule has 0 atom stereocenters. The number of hydrogen-bond donors (Lipinski definition) is 1. The molecule has 0 N–H and O–H groups in total. The van der Waals surface area contributed by atoms with Crippen LogP contribution >= 0.6 is 24.4 Å². The van der Waals surface area contributed by atoms with Crippen molar-refractivity contribution in [2.45, 2.75) is 76.4 Å². The van der Waals surface area contributed by atoms with E-state index in [4.69, 9.17) is 12.6 Å². The van der Waals surface area contributed by atoms with E-state index in [1.165, 1.54) is 47.5 Å². The lowest BCUT2D eigenvalue weighted by atomic mass is 9.67. The largest absolute Gasteiger partial charge is 0.304 e. The molecule has 1 nitrogen and oxygen atoms in total. The molecule has 0 aliphatic carbocycles. The fraction of sp³-hybridized carbons (Fsp3) is 0.667. The Bertz CT molecular complexity index is 661. The van der Waals surface area contributed by atoms with Crippen LogP contribution in [0.15, 0.2) is 35.2 Å². The van der Waals surface area contributed by atoms with E-state index in [0.29, 0.717) is 0 Å². The zero-order chi connectivity index (χ0) is 20.5. The molecule has 27 heavy (non-hydrogen) atoms. The quantitative estimate of drug-likeness (QED) is 0.303. The molecule has 0 spiro atoms. The standard InChI is InChI=1S/C24H39NS2/c1-9-25-14-12-24(13-15-25,18(2)3)21-11-10-20(16-19(21)4)27-17-22(5,6)23(7,8)26/h10-11,16,26H,2,9,12-15,17H2,1,3-8H3. The number of thiol groups is 1. The minimum Gasteiger partial charge on any atom is -0.304 e. The van der Waals surface area contributed by atoms with Gasteiger partial charge in [0.15, 0.2) is 0 Å². The fourth-order valence-corrected chi connectivity index (χ4v) is 5.38. The van der Waals surface area contributed by atoms with Gasteiger partial charge >= 0.3 is 0 Å². The molecule has 0 unspecified atom stereocenters. The highest BCUT2D eigenvalue weighted by Gasteiger charge is 2.38. The van der Waals surface area contributed by atoms with Crippen molar-refractivity contribution in [3.05, 3.63) is 41.5 Å². The normalized spacial score (nSPS) is 18.5. The first-order valence-electron chi connectivity index (χ1n) is 10.3. The van der Waals surface area contributed by atoms with Crippen LogP contribution in [-0.4, -0.2) is 35.0 Å². The van der Waals surface area contributed by atoms with Crippen LogP contribution in [0, 0.1) is 12.3 Å². The Morgan fingerprint density at radius 2 is 1.81 bits per heavy atom. The van der Waals surface area contributed by atoms with E-state index in [0.717, 1.165) is 12.3 Å². The van der Waals surface area contributed by atoms with Crippen molar-refractivity contribution in [2.75, 3.05) is 25.4 Å². The Balaban J connectivity index is 2.21. The van der Waals surface area contributed by atoms with Gasteiger partial charge in [0.1, 0.15) is 0 Å². The molecule has 0 bridgehead atoms. The molecular weight excluding hydrogens is 366 g/mol. The third kappa shape index (κ3) is 4.97. The number of rotatable bonds is 7. The molecule has 0 aromatic heterocycles. The van der Waals surface area contributed by atoms with E-state index < -0.39 is 0 Å². The maximum Gasteiger partial charge on any atom is 0.0183 e. The van der Waals surface area contributed by atoms with Crippen molar-refractivity contribution in [1.29, 1.82) is 0 Å². The summed E-state index contributed by atoms with van der Waals surface area (Å²) in [6.07, 6.45) is 2.37. The summed E-state index contributed by atoms with van der Waals surface area (Å²) in [5, 5.41) is 0. The first kappa shape index (κ1) is 22.9. The van der Waals surface area contributed by atoms with E-state index in [1.54, 1.807) is 0 Å². The Morgan fingerprint density at radius 1 is 1.22 bits per heavy atom. The van der Waals surface area contributed by atoms with E-state index in [1.807, 2.05) is 11.8 Å². The molecule has 3 heteroatoms. The second-order valence-electron chi connectivity index (χ2n) is 9.51. The van der Waals surface area contributed by atoms with Crippen molar-refractivity contribution in [1.82, 2.24) is 4.90 Å². The second-order valence-corrected chi connectivity index (χ2v) is 11.7. The second kappa shape index (κ2) is 8.55. The van der Waals surface area contributed by atoms with Gasteiger partial charge < -0.3 is 4.90 Å². The average Bonchev–Trinajstić information content (AvgIpc) is 2.59. The van der Waals surface area contributed by atoms with Gasteiger partial charge in [-0.2, -0.15) is 12.6 Å². The number of nitrogens with zero attached hydrogens (tertiary/aromatic N) is 1. The highest BCUT2D eigenvalue weighted by molar-refractivity contribution is 7.99. The number of hydrogen-bond acceptors (Lipinski definition) is 3. The van der Waals surface area contributed by atoms with E-state index in [9.17, 15) is 0 Å². The summed E-state index contributed by atoms with van der Waals surface area (Å²) >= 11 is 6.76. The molecule has 0 radical (unpaired) electrons. The summed E-state index contributed by atoms with van der Waals surface area (Å²) in [5.41, 5.74) is 4.53. The number of piperidine rings is 1. The molecule has 1 fully saturated rings. The van der Waals surface area contributed by atoms with Crippen LogP contribution < -0.4 is 0 Å². The van der Waals surface area contributed by atoms with Crippen molar-refractivity contribution in [2.24, 2.45) is 5.41 Å². The fourth-order valence-electron chi connectivity index (χ4n) is 3.88. The molecule has 152 valence electrons. The van der Waals surface area contributed by atoms with Crippen molar-refractivity contribution in [3.63, 3.8) is 0 Å². The molecule has 1 saturated heterocycles. The number of thioether (sulfide) groups is 1.